The van der Waals surface area contributed by atoms with E-state index >= 15 is 0 Å². The van der Waals surface area contributed by atoms with Crippen LogP contribution in [0.25, 0.3) is 11.0 Å². The van der Waals surface area contributed by atoms with E-state index in [1.807, 2.05) is 22.9 Å². The van der Waals surface area contributed by atoms with E-state index < -0.39 is 0 Å². The summed E-state index contributed by atoms with van der Waals surface area (Å²) < 4.78 is 12.4. The number of hydrogen-bond donors (Lipinski definition) is 0. The molecule has 0 atom stereocenters. The topological polar surface area (TPSA) is 79.1 Å². The van der Waals surface area contributed by atoms with Gasteiger partial charge in [-0.05, 0) is 38.5 Å². The Morgan fingerprint density at radius 3 is 2.76 bits per heavy atom. The monoisotopic (exact) mass is 340 g/mol. The summed E-state index contributed by atoms with van der Waals surface area (Å²) in [6, 6.07) is 7.27. The van der Waals surface area contributed by atoms with Gasteiger partial charge in [0.05, 0.1) is 25.3 Å². The molecule has 3 rings (SSSR count). The van der Waals surface area contributed by atoms with Gasteiger partial charge in [-0.25, -0.2) is 14.6 Å². The van der Waals surface area contributed by atoms with Crippen molar-refractivity contribution < 1.29 is 14.3 Å². The maximum Gasteiger partial charge on any atom is 0.309 e. The molecule has 0 saturated carbocycles. The van der Waals surface area contributed by atoms with Gasteiger partial charge in [0, 0.05) is 0 Å². The number of esters is 1. The maximum absolute atomic E-state index is 11.4. The van der Waals surface area contributed by atoms with Gasteiger partial charge < -0.3 is 9.47 Å². The standard InChI is InChI=1S/C18H20N4O3/c1-18(2,3)22-16-14(10-21-22)17(20-11-19-16)25-13-7-5-6-12(8-13)9-15(23)24-4/h5-8,10-11H,9H2,1-4H3. The second kappa shape index (κ2) is 6.51. The highest BCUT2D eigenvalue weighted by molar-refractivity contribution is 5.80. The Balaban J connectivity index is 1.92. The van der Waals surface area contributed by atoms with Crippen LogP contribution in [0, 0.1) is 0 Å². The zero-order valence-electron chi connectivity index (χ0n) is 14.7. The molecule has 7 nitrogen and oxygen atoms in total. The van der Waals surface area contributed by atoms with Crippen molar-refractivity contribution in [3.63, 3.8) is 0 Å². The second-order valence-corrected chi connectivity index (χ2v) is 6.65. The van der Waals surface area contributed by atoms with Gasteiger partial charge >= 0.3 is 5.97 Å². The summed E-state index contributed by atoms with van der Waals surface area (Å²) in [4.78, 5) is 20.0. The summed E-state index contributed by atoms with van der Waals surface area (Å²) in [5, 5.41) is 5.14. The third-order valence-corrected chi connectivity index (χ3v) is 3.65. The van der Waals surface area contributed by atoms with Gasteiger partial charge in [-0.3, -0.25) is 4.79 Å². The van der Waals surface area contributed by atoms with E-state index in [0.717, 1.165) is 10.9 Å². The number of aromatic nitrogens is 4. The number of carbonyl (C=O) groups excluding carboxylic acids is 1. The molecule has 0 spiro atoms. The summed E-state index contributed by atoms with van der Waals surface area (Å²) in [5.74, 6) is 0.716. The third kappa shape index (κ3) is 3.60. The number of hydrogen-bond acceptors (Lipinski definition) is 6. The predicted octanol–water partition coefficient (Wildman–Crippen LogP) is 3.09. The normalized spacial score (nSPS) is 11.5. The highest BCUT2D eigenvalue weighted by Crippen LogP contribution is 2.29. The zero-order chi connectivity index (χ0) is 18.0. The summed E-state index contributed by atoms with van der Waals surface area (Å²) in [6.07, 6.45) is 3.35. The Labute approximate surface area is 145 Å². The number of fused-ring (bicyclic) bond motifs is 1. The molecule has 7 heteroatoms. The summed E-state index contributed by atoms with van der Waals surface area (Å²) in [6.45, 7) is 6.16. The molecule has 0 fully saturated rings. The Bertz CT molecular complexity index is 912. The van der Waals surface area contributed by atoms with E-state index in [1.165, 1.54) is 13.4 Å². The van der Waals surface area contributed by atoms with Crippen LogP contribution in [0.15, 0.2) is 36.8 Å². The molecule has 2 aromatic heterocycles. The zero-order valence-corrected chi connectivity index (χ0v) is 14.7. The number of rotatable bonds is 4. The Morgan fingerprint density at radius 2 is 2.04 bits per heavy atom. The van der Waals surface area contributed by atoms with Crippen molar-refractivity contribution in [3.05, 3.63) is 42.4 Å². The highest BCUT2D eigenvalue weighted by Gasteiger charge is 2.20. The maximum atomic E-state index is 11.4. The highest BCUT2D eigenvalue weighted by atomic mass is 16.5. The van der Waals surface area contributed by atoms with E-state index in [2.05, 4.69) is 35.8 Å². The molecule has 0 unspecified atom stereocenters. The largest absolute Gasteiger partial charge is 0.469 e. The molecule has 0 amide bonds. The first-order valence-corrected chi connectivity index (χ1v) is 7.91. The number of benzene rings is 1. The van der Waals surface area contributed by atoms with E-state index in [9.17, 15) is 4.79 Å². The van der Waals surface area contributed by atoms with Crippen LogP contribution in [0.5, 0.6) is 11.6 Å². The molecule has 2 heterocycles. The molecule has 130 valence electrons. The number of carbonyl (C=O) groups is 1. The summed E-state index contributed by atoms with van der Waals surface area (Å²) >= 11 is 0. The lowest BCUT2D eigenvalue weighted by molar-refractivity contribution is -0.139. The third-order valence-electron chi connectivity index (χ3n) is 3.65. The van der Waals surface area contributed by atoms with Crippen molar-refractivity contribution in [2.45, 2.75) is 32.7 Å². The van der Waals surface area contributed by atoms with Crippen LogP contribution in [0.2, 0.25) is 0 Å². The first kappa shape index (κ1) is 16.9. The molecule has 0 aliphatic carbocycles. The molecule has 0 aliphatic rings. The average molecular weight is 340 g/mol. The van der Waals surface area contributed by atoms with Gasteiger partial charge in [-0.1, -0.05) is 12.1 Å². The lowest BCUT2D eigenvalue weighted by Crippen LogP contribution is -2.23. The average Bonchev–Trinajstić information content (AvgIpc) is 3.00. The van der Waals surface area contributed by atoms with Crippen LogP contribution in [0.3, 0.4) is 0 Å². The fourth-order valence-corrected chi connectivity index (χ4v) is 2.46. The quantitative estimate of drug-likeness (QED) is 0.679. The smallest absolute Gasteiger partial charge is 0.309 e. The minimum absolute atomic E-state index is 0.189. The molecule has 0 aliphatic heterocycles. The van der Waals surface area contributed by atoms with Gasteiger partial charge in [0.25, 0.3) is 0 Å². The summed E-state index contributed by atoms with van der Waals surface area (Å²) in [7, 11) is 1.37. The lowest BCUT2D eigenvalue weighted by Gasteiger charge is -2.19. The minimum Gasteiger partial charge on any atom is -0.469 e. The first-order valence-electron chi connectivity index (χ1n) is 7.91. The molecule has 0 N–H and O–H groups in total. The minimum atomic E-state index is -0.298. The molecule has 25 heavy (non-hydrogen) atoms. The molecule has 0 bridgehead atoms. The van der Waals surface area contributed by atoms with Crippen molar-refractivity contribution in [1.29, 1.82) is 0 Å². The fraction of sp³-hybridized carbons (Fsp3) is 0.333. The fourth-order valence-electron chi connectivity index (χ4n) is 2.46. The Hall–Kier alpha value is -2.96. The first-order chi connectivity index (χ1) is 11.9. The molecular formula is C18H20N4O3. The van der Waals surface area contributed by atoms with Gasteiger partial charge in [-0.2, -0.15) is 5.10 Å². The SMILES string of the molecule is COC(=O)Cc1cccc(Oc2ncnc3c2cnn3C(C)(C)C)c1. The lowest BCUT2D eigenvalue weighted by atomic mass is 10.1. The van der Waals surface area contributed by atoms with Crippen molar-refractivity contribution in [2.75, 3.05) is 7.11 Å². The number of ether oxygens (including phenoxy) is 2. The molecule has 3 aromatic rings. The van der Waals surface area contributed by atoms with Gasteiger partial charge in [-0.15, -0.1) is 0 Å². The van der Waals surface area contributed by atoms with Crippen LogP contribution >= 0.6 is 0 Å². The molecule has 0 radical (unpaired) electrons. The van der Waals surface area contributed by atoms with Crippen molar-refractivity contribution >= 4 is 17.0 Å². The van der Waals surface area contributed by atoms with E-state index in [1.54, 1.807) is 12.3 Å². The molecule has 0 saturated heterocycles. The molecular weight excluding hydrogens is 320 g/mol. The van der Waals surface area contributed by atoms with Crippen molar-refractivity contribution in [3.8, 4) is 11.6 Å². The van der Waals surface area contributed by atoms with Crippen LogP contribution in [0.4, 0.5) is 0 Å². The van der Waals surface area contributed by atoms with Crippen molar-refractivity contribution in [2.24, 2.45) is 0 Å². The van der Waals surface area contributed by atoms with Crippen molar-refractivity contribution in [1.82, 2.24) is 19.7 Å². The van der Waals surface area contributed by atoms with E-state index in [-0.39, 0.29) is 17.9 Å². The van der Waals surface area contributed by atoms with Crippen LogP contribution in [0.1, 0.15) is 26.3 Å². The van der Waals surface area contributed by atoms with E-state index in [4.69, 9.17) is 9.47 Å². The van der Waals surface area contributed by atoms with Gasteiger partial charge in [0.15, 0.2) is 5.65 Å². The van der Waals surface area contributed by atoms with Crippen LogP contribution < -0.4 is 4.74 Å². The number of methoxy groups -OCH3 is 1. The summed E-state index contributed by atoms with van der Waals surface area (Å²) in [5.41, 5.74) is 1.32. The Kier molecular flexibility index (Phi) is 4.39. The molecule has 1 aromatic carbocycles. The predicted molar refractivity (Wildman–Crippen MR) is 92.6 cm³/mol. The Morgan fingerprint density at radius 1 is 1.24 bits per heavy atom. The van der Waals surface area contributed by atoms with Gasteiger partial charge in [0.2, 0.25) is 5.88 Å². The van der Waals surface area contributed by atoms with Crippen LogP contribution in [-0.2, 0) is 21.5 Å². The van der Waals surface area contributed by atoms with Crippen LogP contribution in [-0.4, -0.2) is 32.8 Å². The second-order valence-electron chi connectivity index (χ2n) is 6.65. The van der Waals surface area contributed by atoms with E-state index in [0.29, 0.717) is 17.3 Å². The van der Waals surface area contributed by atoms with Gasteiger partial charge in [0.1, 0.15) is 17.5 Å². The number of nitrogens with zero attached hydrogens (tertiary/aromatic N) is 4.